The molecule has 4 nitrogen and oxygen atoms in total. The van der Waals surface area contributed by atoms with Crippen molar-refractivity contribution in [3.8, 4) is 5.75 Å². The van der Waals surface area contributed by atoms with Gasteiger partial charge in [-0.2, -0.15) is 0 Å². The van der Waals surface area contributed by atoms with Gasteiger partial charge in [0.05, 0.1) is 5.57 Å². The summed E-state index contributed by atoms with van der Waals surface area (Å²) in [5, 5.41) is 4.40. The maximum Gasteiger partial charge on any atom is 0.368 e. The number of nitrogens with zero attached hydrogens (tertiary/aromatic N) is 1. The third kappa shape index (κ3) is 4.36. The maximum absolute atomic E-state index is 13.1. The molecule has 0 bridgehead atoms. The molecule has 1 heterocycles. The van der Waals surface area contributed by atoms with Gasteiger partial charge in [0.2, 0.25) is 0 Å². The van der Waals surface area contributed by atoms with E-state index in [9.17, 15) is 9.18 Å². The second kappa shape index (κ2) is 8.29. The highest BCUT2D eigenvalue weighted by atomic mass is 35.5. The lowest BCUT2D eigenvalue weighted by Gasteiger charge is -2.11. The van der Waals surface area contributed by atoms with Crippen molar-refractivity contribution < 1.29 is 18.8 Å². The third-order valence-corrected chi connectivity index (χ3v) is 4.56. The zero-order chi connectivity index (χ0) is 20.2. The average Bonchev–Trinajstić information content (AvgIpc) is 3.10. The predicted molar refractivity (Wildman–Crippen MR) is 109 cm³/mol. The van der Waals surface area contributed by atoms with E-state index >= 15 is 0 Å². The van der Waals surface area contributed by atoms with Crippen LogP contribution >= 0.6 is 11.6 Å². The molecule has 0 amide bonds. The molecule has 0 saturated carbocycles. The van der Waals surface area contributed by atoms with E-state index in [2.05, 4.69) is 5.16 Å². The summed E-state index contributed by atoms with van der Waals surface area (Å²) in [6.45, 7) is 0.238. The van der Waals surface area contributed by atoms with Crippen LogP contribution in [0.2, 0.25) is 5.02 Å². The summed E-state index contributed by atoms with van der Waals surface area (Å²) in [6.07, 6.45) is 1.65. The van der Waals surface area contributed by atoms with Gasteiger partial charge in [-0.1, -0.05) is 59.2 Å². The van der Waals surface area contributed by atoms with Crippen molar-refractivity contribution in [1.82, 2.24) is 0 Å². The highest BCUT2D eigenvalue weighted by Gasteiger charge is 2.27. The van der Waals surface area contributed by atoms with Crippen molar-refractivity contribution in [1.29, 1.82) is 0 Å². The first-order valence-electron chi connectivity index (χ1n) is 8.84. The van der Waals surface area contributed by atoms with Crippen molar-refractivity contribution in [2.24, 2.45) is 5.16 Å². The number of carbonyl (C=O) groups excluding carboxylic acids is 1. The van der Waals surface area contributed by atoms with Crippen LogP contribution in [0.25, 0.3) is 6.08 Å². The van der Waals surface area contributed by atoms with Crippen molar-refractivity contribution in [2.75, 3.05) is 0 Å². The van der Waals surface area contributed by atoms with Gasteiger partial charge < -0.3 is 9.57 Å². The second-order valence-electron chi connectivity index (χ2n) is 6.34. The Labute approximate surface area is 171 Å². The minimum Gasteiger partial charge on any atom is -0.488 e. The SMILES string of the molecule is O=C1ON=C(c2ccccc2)/C1=C/c1cc(Cl)ccc1OCc1ccc(F)cc1. The van der Waals surface area contributed by atoms with Gasteiger partial charge in [0.15, 0.2) is 0 Å². The summed E-state index contributed by atoms with van der Waals surface area (Å²) in [7, 11) is 0. The number of ether oxygens (including phenoxy) is 1. The molecular formula is C23H15ClFNO3. The summed E-state index contributed by atoms with van der Waals surface area (Å²) in [5.74, 6) is -0.329. The molecule has 0 radical (unpaired) electrons. The second-order valence-corrected chi connectivity index (χ2v) is 6.78. The number of hydrogen-bond acceptors (Lipinski definition) is 4. The first kappa shape index (κ1) is 18.9. The lowest BCUT2D eigenvalue weighted by atomic mass is 10.0. The Morgan fingerprint density at radius 1 is 1.03 bits per heavy atom. The lowest BCUT2D eigenvalue weighted by molar-refractivity contribution is -0.136. The number of hydrogen-bond donors (Lipinski definition) is 0. The van der Waals surface area contributed by atoms with Crippen LogP contribution in [0.4, 0.5) is 4.39 Å². The summed E-state index contributed by atoms with van der Waals surface area (Å²) in [6, 6.07) is 20.4. The first-order chi connectivity index (χ1) is 14.1. The lowest BCUT2D eigenvalue weighted by Crippen LogP contribution is -2.07. The van der Waals surface area contributed by atoms with Crippen LogP contribution in [-0.4, -0.2) is 11.7 Å². The summed E-state index contributed by atoms with van der Waals surface area (Å²) in [5.41, 5.74) is 2.94. The number of halogens is 2. The average molecular weight is 408 g/mol. The van der Waals surface area contributed by atoms with Gasteiger partial charge in [0, 0.05) is 16.1 Å². The predicted octanol–water partition coefficient (Wildman–Crippen LogP) is 5.40. The van der Waals surface area contributed by atoms with Crippen LogP contribution in [0.3, 0.4) is 0 Å². The standard InChI is InChI=1S/C23H15ClFNO3/c24-18-8-11-21(28-14-15-6-9-19(25)10-7-15)17(12-18)13-20-22(26-29-23(20)27)16-4-2-1-3-5-16/h1-13H,14H2/b20-13-. The molecule has 0 fully saturated rings. The molecule has 0 spiro atoms. The van der Waals surface area contributed by atoms with Crippen LogP contribution in [0.15, 0.2) is 83.5 Å². The van der Waals surface area contributed by atoms with Crippen molar-refractivity contribution >= 4 is 29.4 Å². The third-order valence-electron chi connectivity index (χ3n) is 4.32. The van der Waals surface area contributed by atoms with Gasteiger partial charge >= 0.3 is 5.97 Å². The summed E-state index contributed by atoms with van der Waals surface area (Å²) < 4.78 is 19.0. The molecule has 1 aliphatic rings. The molecule has 6 heteroatoms. The maximum atomic E-state index is 13.1. The van der Waals surface area contributed by atoms with E-state index in [0.717, 1.165) is 11.1 Å². The molecule has 3 aromatic carbocycles. The van der Waals surface area contributed by atoms with Gasteiger partial charge in [-0.25, -0.2) is 9.18 Å². The zero-order valence-electron chi connectivity index (χ0n) is 15.1. The van der Waals surface area contributed by atoms with Crippen molar-refractivity contribution in [3.63, 3.8) is 0 Å². The van der Waals surface area contributed by atoms with Gasteiger partial charge in [-0.3, -0.25) is 0 Å². The Bertz CT molecular complexity index is 1110. The number of benzene rings is 3. The zero-order valence-corrected chi connectivity index (χ0v) is 15.9. The molecule has 4 rings (SSSR count). The molecule has 0 aromatic heterocycles. The minimum atomic E-state index is -0.548. The fourth-order valence-corrected chi connectivity index (χ4v) is 3.05. The normalized spacial score (nSPS) is 14.6. The van der Waals surface area contributed by atoms with E-state index in [1.165, 1.54) is 12.1 Å². The first-order valence-corrected chi connectivity index (χ1v) is 9.21. The highest BCUT2D eigenvalue weighted by Crippen LogP contribution is 2.29. The smallest absolute Gasteiger partial charge is 0.368 e. The fourth-order valence-electron chi connectivity index (χ4n) is 2.87. The molecule has 0 atom stereocenters. The minimum absolute atomic E-state index is 0.238. The molecular weight excluding hydrogens is 393 g/mol. The molecule has 0 saturated heterocycles. The molecule has 29 heavy (non-hydrogen) atoms. The van der Waals surface area contributed by atoms with Crippen LogP contribution < -0.4 is 4.74 Å². The molecule has 0 unspecified atom stereocenters. The Kier molecular flexibility index (Phi) is 5.40. The topological polar surface area (TPSA) is 47.9 Å². The fraction of sp³-hybridized carbons (Fsp3) is 0.0435. The Balaban J connectivity index is 1.65. The van der Waals surface area contributed by atoms with Crippen molar-refractivity contribution in [3.05, 3.63) is 106 Å². The molecule has 0 aliphatic carbocycles. The summed E-state index contributed by atoms with van der Waals surface area (Å²) in [4.78, 5) is 17.1. The Morgan fingerprint density at radius 2 is 1.79 bits per heavy atom. The van der Waals surface area contributed by atoms with Gasteiger partial charge in [-0.15, -0.1) is 0 Å². The summed E-state index contributed by atoms with van der Waals surface area (Å²) >= 11 is 6.15. The molecule has 144 valence electrons. The van der Waals surface area contributed by atoms with Crippen LogP contribution in [0.1, 0.15) is 16.7 Å². The van der Waals surface area contributed by atoms with E-state index in [4.69, 9.17) is 21.2 Å². The molecule has 0 N–H and O–H groups in total. The highest BCUT2D eigenvalue weighted by molar-refractivity contribution is 6.32. The molecule has 1 aliphatic heterocycles. The monoisotopic (exact) mass is 407 g/mol. The van der Waals surface area contributed by atoms with Gasteiger partial charge in [-0.05, 0) is 42.0 Å². The number of oxime groups is 1. The van der Waals surface area contributed by atoms with E-state index in [1.54, 1.807) is 36.4 Å². The van der Waals surface area contributed by atoms with E-state index in [-0.39, 0.29) is 12.4 Å². The van der Waals surface area contributed by atoms with Crippen LogP contribution in [0.5, 0.6) is 5.75 Å². The largest absolute Gasteiger partial charge is 0.488 e. The van der Waals surface area contributed by atoms with E-state index in [0.29, 0.717) is 27.6 Å². The Morgan fingerprint density at radius 3 is 2.55 bits per heavy atom. The Hall–Kier alpha value is -3.44. The molecule has 3 aromatic rings. The quantitative estimate of drug-likeness (QED) is 0.420. The van der Waals surface area contributed by atoms with Crippen LogP contribution in [0, 0.1) is 5.82 Å². The number of rotatable bonds is 5. The van der Waals surface area contributed by atoms with Crippen LogP contribution in [-0.2, 0) is 16.2 Å². The van der Waals surface area contributed by atoms with Gasteiger partial charge in [0.1, 0.15) is 23.9 Å². The van der Waals surface area contributed by atoms with E-state index in [1.807, 2.05) is 30.3 Å². The van der Waals surface area contributed by atoms with Crippen molar-refractivity contribution in [2.45, 2.75) is 6.61 Å². The van der Waals surface area contributed by atoms with Gasteiger partial charge in [0.25, 0.3) is 0 Å². The van der Waals surface area contributed by atoms with E-state index < -0.39 is 5.97 Å². The number of carbonyl (C=O) groups is 1.